The van der Waals surface area contributed by atoms with Gasteiger partial charge >= 0.3 is 6.09 Å². The van der Waals surface area contributed by atoms with Crippen molar-refractivity contribution in [2.45, 2.75) is 50.8 Å². The van der Waals surface area contributed by atoms with E-state index >= 15 is 0 Å². The molecule has 2 amide bonds. The molecule has 1 saturated carbocycles. The number of nitrogens with zero attached hydrogens (tertiary/aromatic N) is 4. The van der Waals surface area contributed by atoms with Crippen LogP contribution in [0.4, 0.5) is 4.79 Å². The molecule has 0 radical (unpaired) electrons. The Morgan fingerprint density at radius 1 is 1.18 bits per heavy atom. The van der Waals surface area contributed by atoms with Crippen molar-refractivity contribution in [3.8, 4) is 6.07 Å². The van der Waals surface area contributed by atoms with E-state index in [9.17, 15) is 14.4 Å². The first-order valence-corrected chi connectivity index (χ1v) is 13.4. The van der Waals surface area contributed by atoms with Crippen molar-refractivity contribution in [2.24, 2.45) is 11.8 Å². The molecule has 0 spiro atoms. The summed E-state index contributed by atoms with van der Waals surface area (Å²) in [5.74, 6) is 0.230. The predicted octanol–water partition coefficient (Wildman–Crippen LogP) is 3.83. The number of nitriles is 1. The normalized spacial score (nSPS) is 26.2. The van der Waals surface area contributed by atoms with Crippen molar-refractivity contribution in [1.82, 2.24) is 20.1 Å². The highest BCUT2D eigenvalue weighted by Gasteiger charge is 2.65. The third kappa shape index (κ3) is 5.22. The maximum Gasteiger partial charge on any atom is 0.410 e. The summed E-state index contributed by atoms with van der Waals surface area (Å²) in [5.41, 5.74) is 0.217. The SMILES string of the molecule is C=CCC1(Cc2ccncc2)N/C(=C\C(=O)c2ccc(C#N)cc2)N([C@H]2[C@@H]3CN(C(=O)OC(C)(C)C)C[C@@H]32)C1=O. The van der Waals surface area contributed by atoms with Crippen molar-refractivity contribution in [3.05, 3.63) is 90.0 Å². The number of piperidine rings is 1. The number of hydrogen-bond donors (Lipinski definition) is 1. The van der Waals surface area contributed by atoms with Crippen LogP contribution in [-0.2, 0) is 16.0 Å². The molecule has 1 aromatic carbocycles. The number of hydrogen-bond acceptors (Lipinski definition) is 7. The number of nitrogens with one attached hydrogen (secondary N) is 1. The molecule has 9 nitrogen and oxygen atoms in total. The summed E-state index contributed by atoms with van der Waals surface area (Å²) in [4.78, 5) is 47.7. The van der Waals surface area contributed by atoms with E-state index in [1.54, 1.807) is 52.5 Å². The van der Waals surface area contributed by atoms with Gasteiger partial charge in [-0.3, -0.25) is 19.5 Å². The van der Waals surface area contributed by atoms with Crippen LogP contribution in [0, 0.1) is 23.2 Å². The van der Waals surface area contributed by atoms with Crippen molar-refractivity contribution in [1.29, 1.82) is 5.26 Å². The molecule has 3 aliphatic rings. The number of ether oxygens (including phenoxy) is 1. The molecule has 5 rings (SSSR count). The summed E-state index contributed by atoms with van der Waals surface area (Å²) in [6.07, 6.45) is 6.97. The van der Waals surface area contributed by atoms with Crippen LogP contribution in [-0.4, -0.2) is 62.8 Å². The summed E-state index contributed by atoms with van der Waals surface area (Å²) in [6.45, 7) is 10.4. The van der Waals surface area contributed by atoms with Gasteiger partial charge in [-0.15, -0.1) is 6.58 Å². The van der Waals surface area contributed by atoms with E-state index in [-0.39, 0.29) is 35.7 Å². The summed E-state index contributed by atoms with van der Waals surface area (Å²) in [5, 5.41) is 12.5. The molecule has 1 N–H and O–H groups in total. The van der Waals surface area contributed by atoms with Crippen LogP contribution in [0.1, 0.15) is 48.7 Å². The quantitative estimate of drug-likeness (QED) is 0.323. The number of benzene rings is 1. The molecule has 2 saturated heterocycles. The Hall–Kier alpha value is -4.45. The number of ketones is 1. The van der Waals surface area contributed by atoms with E-state index in [4.69, 9.17) is 10.00 Å². The zero-order valence-electron chi connectivity index (χ0n) is 23.0. The predicted molar refractivity (Wildman–Crippen MR) is 148 cm³/mol. The van der Waals surface area contributed by atoms with Crippen molar-refractivity contribution in [2.75, 3.05) is 13.1 Å². The van der Waals surface area contributed by atoms with E-state index in [2.05, 4.69) is 22.9 Å². The second kappa shape index (κ2) is 10.3. The number of pyridine rings is 1. The van der Waals surface area contributed by atoms with Crippen molar-refractivity contribution < 1.29 is 19.1 Å². The number of likely N-dealkylation sites (tertiary alicyclic amines) is 1. The lowest BCUT2D eigenvalue weighted by Gasteiger charge is -2.28. The van der Waals surface area contributed by atoms with E-state index in [0.29, 0.717) is 42.9 Å². The average Bonchev–Trinajstić information content (AvgIpc) is 3.25. The highest BCUT2D eigenvalue weighted by Crippen LogP contribution is 2.52. The number of rotatable bonds is 7. The van der Waals surface area contributed by atoms with Crippen LogP contribution in [0.5, 0.6) is 0 Å². The fourth-order valence-corrected chi connectivity index (χ4v) is 5.80. The molecule has 1 aliphatic carbocycles. The Bertz CT molecular complexity index is 1390. The van der Waals surface area contributed by atoms with E-state index in [1.807, 2.05) is 32.9 Å². The number of aromatic nitrogens is 1. The van der Waals surface area contributed by atoms with Crippen LogP contribution in [0.2, 0.25) is 0 Å². The van der Waals surface area contributed by atoms with Gasteiger partial charge in [0.15, 0.2) is 5.78 Å². The van der Waals surface area contributed by atoms with Crippen molar-refractivity contribution >= 4 is 17.8 Å². The van der Waals surface area contributed by atoms with Gasteiger partial charge in [0, 0.05) is 61.4 Å². The number of allylic oxidation sites excluding steroid dienone is 1. The maximum absolute atomic E-state index is 14.3. The summed E-state index contributed by atoms with van der Waals surface area (Å²) in [7, 11) is 0. The maximum atomic E-state index is 14.3. The van der Waals surface area contributed by atoms with E-state index in [0.717, 1.165) is 5.56 Å². The molecule has 0 bridgehead atoms. The van der Waals surface area contributed by atoms with Gasteiger partial charge in [-0.1, -0.05) is 6.08 Å². The van der Waals surface area contributed by atoms with Gasteiger partial charge in [0.05, 0.1) is 11.6 Å². The Kier molecular flexibility index (Phi) is 6.96. The Morgan fingerprint density at radius 3 is 2.40 bits per heavy atom. The third-order valence-electron chi connectivity index (χ3n) is 7.67. The fraction of sp³-hybridized carbons (Fsp3) is 0.387. The van der Waals surface area contributed by atoms with Crippen LogP contribution in [0.3, 0.4) is 0 Å². The second-order valence-corrected chi connectivity index (χ2v) is 11.7. The van der Waals surface area contributed by atoms with E-state index < -0.39 is 11.1 Å². The van der Waals surface area contributed by atoms with Crippen molar-refractivity contribution in [3.63, 3.8) is 0 Å². The summed E-state index contributed by atoms with van der Waals surface area (Å²) in [6, 6.07) is 12.1. The van der Waals surface area contributed by atoms with Crippen LogP contribution >= 0.6 is 0 Å². The topological polar surface area (TPSA) is 116 Å². The molecule has 206 valence electrons. The minimum absolute atomic E-state index is 0.0899. The minimum atomic E-state index is -1.01. The monoisotopic (exact) mass is 539 g/mol. The first kappa shape index (κ1) is 27.1. The number of fused-ring (bicyclic) bond motifs is 1. The van der Waals surface area contributed by atoms with Crippen LogP contribution < -0.4 is 5.32 Å². The second-order valence-electron chi connectivity index (χ2n) is 11.7. The molecule has 1 aromatic heterocycles. The number of amides is 2. The Labute approximate surface area is 234 Å². The molecule has 2 aromatic rings. The van der Waals surface area contributed by atoms with Gasteiger partial charge < -0.3 is 15.0 Å². The lowest BCUT2D eigenvalue weighted by atomic mass is 9.87. The molecule has 2 aliphatic heterocycles. The number of carbonyl (C=O) groups is 3. The van der Waals surface area contributed by atoms with Gasteiger partial charge in [-0.2, -0.15) is 5.26 Å². The Balaban J connectivity index is 1.44. The zero-order chi connectivity index (χ0) is 28.7. The van der Waals surface area contributed by atoms with Gasteiger partial charge in [-0.05, 0) is 69.2 Å². The minimum Gasteiger partial charge on any atom is -0.444 e. The molecule has 3 heterocycles. The molecule has 3 fully saturated rings. The molecular formula is C31H33N5O4. The summed E-state index contributed by atoms with van der Waals surface area (Å²) >= 11 is 0. The van der Waals surface area contributed by atoms with Gasteiger partial charge in [-0.25, -0.2) is 4.79 Å². The highest BCUT2D eigenvalue weighted by molar-refractivity contribution is 6.06. The largest absolute Gasteiger partial charge is 0.444 e. The fourth-order valence-electron chi connectivity index (χ4n) is 5.80. The zero-order valence-corrected chi connectivity index (χ0v) is 23.0. The van der Waals surface area contributed by atoms with Gasteiger partial charge in [0.2, 0.25) is 0 Å². The van der Waals surface area contributed by atoms with Crippen LogP contribution in [0.15, 0.2) is 73.3 Å². The number of carbonyl (C=O) groups excluding carboxylic acids is 3. The molecule has 4 atom stereocenters. The molecule has 9 heteroatoms. The lowest BCUT2D eigenvalue weighted by molar-refractivity contribution is -0.132. The molecular weight excluding hydrogens is 506 g/mol. The first-order chi connectivity index (χ1) is 19.0. The first-order valence-electron chi connectivity index (χ1n) is 13.4. The lowest BCUT2D eigenvalue weighted by Crippen LogP contribution is -2.49. The smallest absolute Gasteiger partial charge is 0.410 e. The highest BCUT2D eigenvalue weighted by atomic mass is 16.6. The van der Waals surface area contributed by atoms with Crippen LogP contribution in [0.25, 0.3) is 0 Å². The standard InChI is InChI=1S/C31H33N5O4/c1-5-12-31(16-20-10-13-33-14-11-20)28(38)36(26(34-31)15-25(37)22-8-6-21(17-32)7-9-22)27-23-18-35(19-24(23)27)29(39)40-30(2,3)4/h5-11,13-15,23-24,27,34H,1,12,16,18-19H2,2-4H3/b26-15+/t23-,24+,27+,31?. The molecule has 40 heavy (non-hydrogen) atoms. The Morgan fingerprint density at radius 2 is 1.82 bits per heavy atom. The van der Waals surface area contributed by atoms with E-state index in [1.165, 1.54) is 6.08 Å². The summed E-state index contributed by atoms with van der Waals surface area (Å²) < 4.78 is 5.54. The van der Waals surface area contributed by atoms with Gasteiger partial charge in [0.1, 0.15) is 17.0 Å². The average molecular weight is 540 g/mol. The van der Waals surface area contributed by atoms with Gasteiger partial charge in [0.25, 0.3) is 5.91 Å². The third-order valence-corrected chi connectivity index (χ3v) is 7.67. The molecule has 1 unspecified atom stereocenters.